The average Bonchev–Trinajstić information content (AvgIpc) is 2.28. The van der Waals surface area contributed by atoms with Gasteiger partial charge in [0, 0.05) is 13.1 Å². The molecule has 3 N–H and O–H groups in total. The molecule has 1 unspecified atom stereocenters. The fourth-order valence-electron chi connectivity index (χ4n) is 1.78. The highest BCUT2D eigenvalue weighted by Crippen LogP contribution is 2.27. The lowest BCUT2D eigenvalue weighted by atomic mass is 9.89. The van der Waals surface area contributed by atoms with Crippen molar-refractivity contribution in [3.63, 3.8) is 0 Å². The second-order valence-corrected chi connectivity index (χ2v) is 6.51. The zero-order valence-electron chi connectivity index (χ0n) is 12.0. The van der Waals surface area contributed by atoms with E-state index in [1.807, 2.05) is 6.92 Å². The van der Waals surface area contributed by atoms with Crippen LogP contribution in [-0.2, 0) is 0 Å². The largest absolute Gasteiger partial charge is 0.391 e. The minimum atomic E-state index is -0.399. The number of aliphatic hydroxyl groups is 1. The Bertz CT molecular complexity index is 406. The molecule has 6 heteroatoms. The third-order valence-electron chi connectivity index (χ3n) is 2.49. The van der Waals surface area contributed by atoms with Crippen LogP contribution >= 0.6 is 15.9 Å². The summed E-state index contributed by atoms with van der Waals surface area (Å²) in [6.45, 7) is 9.61. The molecule has 0 saturated carbocycles. The maximum atomic E-state index is 9.97. The van der Waals surface area contributed by atoms with E-state index in [2.05, 4.69) is 57.3 Å². The van der Waals surface area contributed by atoms with Crippen molar-refractivity contribution in [1.29, 1.82) is 0 Å². The van der Waals surface area contributed by atoms with E-state index in [0.717, 1.165) is 23.3 Å². The van der Waals surface area contributed by atoms with Gasteiger partial charge in [0.25, 0.3) is 0 Å². The number of aromatic nitrogens is 2. The molecule has 0 fully saturated rings. The summed E-state index contributed by atoms with van der Waals surface area (Å²) in [6.07, 6.45) is 1.84. The molecule has 1 rings (SSSR count). The first-order chi connectivity index (χ1) is 8.83. The summed E-state index contributed by atoms with van der Waals surface area (Å²) >= 11 is 3.46. The zero-order valence-corrected chi connectivity index (χ0v) is 13.6. The molecule has 0 aliphatic carbocycles. The number of aliphatic hydroxyl groups excluding tert-OH is 1. The molecule has 0 radical (unpaired) electrons. The molecule has 0 aromatic carbocycles. The van der Waals surface area contributed by atoms with Gasteiger partial charge in [-0.2, -0.15) is 0 Å². The number of hydrogen-bond donors (Lipinski definition) is 3. The van der Waals surface area contributed by atoms with Gasteiger partial charge in [0.1, 0.15) is 22.4 Å². The molecule has 1 aromatic heterocycles. The second kappa shape index (κ2) is 7.05. The standard InChI is InChI=1S/C13H23BrN4O/c1-5-15-11-10(14)12(18-8-17-11)16-7-9(19)6-13(2,3)4/h8-9,19H,5-7H2,1-4H3,(H2,15,16,17,18). The first-order valence-electron chi connectivity index (χ1n) is 6.50. The Morgan fingerprint density at radius 3 is 2.37 bits per heavy atom. The number of halogens is 1. The molecular formula is C13H23BrN4O. The molecule has 1 atom stereocenters. The highest BCUT2D eigenvalue weighted by atomic mass is 79.9. The van der Waals surface area contributed by atoms with Crippen LogP contribution in [0.3, 0.4) is 0 Å². The van der Waals surface area contributed by atoms with Crippen LogP contribution in [0.4, 0.5) is 11.6 Å². The maximum absolute atomic E-state index is 9.97. The molecule has 5 nitrogen and oxygen atoms in total. The van der Waals surface area contributed by atoms with Gasteiger partial charge in [0.05, 0.1) is 6.10 Å². The van der Waals surface area contributed by atoms with E-state index in [4.69, 9.17) is 0 Å². The van der Waals surface area contributed by atoms with E-state index in [1.54, 1.807) is 0 Å². The Hall–Kier alpha value is -0.880. The van der Waals surface area contributed by atoms with Crippen LogP contribution in [0.5, 0.6) is 0 Å². The predicted molar refractivity (Wildman–Crippen MR) is 82.5 cm³/mol. The van der Waals surface area contributed by atoms with E-state index in [-0.39, 0.29) is 5.41 Å². The van der Waals surface area contributed by atoms with Gasteiger partial charge in [-0.3, -0.25) is 0 Å². The van der Waals surface area contributed by atoms with Gasteiger partial charge in [-0.05, 0) is 34.7 Å². The number of anilines is 2. The van der Waals surface area contributed by atoms with Crippen LogP contribution in [0.1, 0.15) is 34.1 Å². The molecular weight excluding hydrogens is 308 g/mol. The first kappa shape index (κ1) is 16.2. The molecule has 0 spiro atoms. The van der Waals surface area contributed by atoms with Gasteiger partial charge in [0.2, 0.25) is 0 Å². The van der Waals surface area contributed by atoms with Crippen LogP contribution in [0.2, 0.25) is 0 Å². The highest BCUT2D eigenvalue weighted by molar-refractivity contribution is 9.10. The number of rotatable bonds is 6. The predicted octanol–water partition coefficient (Wildman–Crippen LogP) is 2.88. The van der Waals surface area contributed by atoms with Crippen molar-refractivity contribution in [2.75, 3.05) is 23.7 Å². The SMILES string of the molecule is CCNc1ncnc(NCC(O)CC(C)(C)C)c1Br. The Morgan fingerprint density at radius 1 is 1.26 bits per heavy atom. The minimum absolute atomic E-state index is 0.110. The summed E-state index contributed by atoms with van der Waals surface area (Å²) in [5.41, 5.74) is 0.110. The summed E-state index contributed by atoms with van der Waals surface area (Å²) in [7, 11) is 0. The maximum Gasteiger partial charge on any atom is 0.146 e. The Kier molecular flexibility index (Phi) is 6.00. The van der Waals surface area contributed by atoms with Crippen molar-refractivity contribution < 1.29 is 5.11 Å². The molecule has 108 valence electrons. The van der Waals surface area contributed by atoms with Gasteiger partial charge in [-0.25, -0.2) is 9.97 Å². The molecule has 0 amide bonds. The van der Waals surface area contributed by atoms with Crippen molar-refractivity contribution >= 4 is 27.6 Å². The third kappa shape index (κ3) is 5.74. The summed E-state index contributed by atoms with van der Waals surface area (Å²) < 4.78 is 0.791. The smallest absolute Gasteiger partial charge is 0.146 e. The van der Waals surface area contributed by atoms with Crippen LogP contribution in [0.15, 0.2) is 10.8 Å². The topological polar surface area (TPSA) is 70.1 Å². The normalized spacial score (nSPS) is 13.2. The van der Waals surface area contributed by atoms with Gasteiger partial charge in [-0.1, -0.05) is 20.8 Å². The van der Waals surface area contributed by atoms with Crippen molar-refractivity contribution in [3.05, 3.63) is 10.8 Å². The quantitative estimate of drug-likeness (QED) is 0.748. The lowest BCUT2D eigenvalue weighted by molar-refractivity contribution is 0.132. The van der Waals surface area contributed by atoms with Gasteiger partial charge in [-0.15, -0.1) is 0 Å². The summed E-state index contributed by atoms with van der Waals surface area (Å²) in [5.74, 6) is 1.45. The molecule has 19 heavy (non-hydrogen) atoms. The molecule has 1 heterocycles. The highest BCUT2D eigenvalue weighted by Gasteiger charge is 2.17. The number of hydrogen-bond acceptors (Lipinski definition) is 5. The Morgan fingerprint density at radius 2 is 1.84 bits per heavy atom. The van der Waals surface area contributed by atoms with E-state index >= 15 is 0 Å². The van der Waals surface area contributed by atoms with Crippen LogP contribution in [-0.4, -0.2) is 34.3 Å². The van der Waals surface area contributed by atoms with Crippen LogP contribution in [0.25, 0.3) is 0 Å². The minimum Gasteiger partial charge on any atom is -0.391 e. The Balaban J connectivity index is 2.60. The van der Waals surface area contributed by atoms with Gasteiger partial charge >= 0.3 is 0 Å². The van der Waals surface area contributed by atoms with Crippen LogP contribution in [0, 0.1) is 5.41 Å². The van der Waals surface area contributed by atoms with E-state index in [1.165, 1.54) is 6.33 Å². The van der Waals surface area contributed by atoms with Crippen molar-refractivity contribution in [2.45, 2.75) is 40.2 Å². The number of nitrogens with zero attached hydrogens (tertiary/aromatic N) is 2. The van der Waals surface area contributed by atoms with Crippen molar-refractivity contribution in [3.8, 4) is 0 Å². The van der Waals surface area contributed by atoms with E-state index < -0.39 is 6.10 Å². The Labute approximate surface area is 123 Å². The zero-order chi connectivity index (χ0) is 14.5. The molecule has 0 aliphatic rings. The molecule has 0 saturated heterocycles. The molecule has 0 aliphatic heterocycles. The number of nitrogens with one attached hydrogen (secondary N) is 2. The summed E-state index contributed by atoms with van der Waals surface area (Å²) in [5, 5.41) is 16.3. The van der Waals surface area contributed by atoms with E-state index in [0.29, 0.717) is 12.4 Å². The van der Waals surface area contributed by atoms with Gasteiger partial charge in [0.15, 0.2) is 0 Å². The van der Waals surface area contributed by atoms with Crippen molar-refractivity contribution in [2.24, 2.45) is 5.41 Å². The average molecular weight is 331 g/mol. The van der Waals surface area contributed by atoms with E-state index in [9.17, 15) is 5.11 Å². The van der Waals surface area contributed by atoms with Gasteiger partial charge < -0.3 is 15.7 Å². The second-order valence-electron chi connectivity index (χ2n) is 5.71. The fraction of sp³-hybridized carbons (Fsp3) is 0.692. The molecule has 1 aromatic rings. The third-order valence-corrected chi connectivity index (χ3v) is 3.24. The lowest BCUT2D eigenvalue weighted by Gasteiger charge is -2.22. The lowest BCUT2D eigenvalue weighted by Crippen LogP contribution is -2.25. The summed E-state index contributed by atoms with van der Waals surface area (Å²) in [4.78, 5) is 8.31. The molecule has 0 bridgehead atoms. The van der Waals surface area contributed by atoms with Crippen molar-refractivity contribution in [1.82, 2.24) is 9.97 Å². The van der Waals surface area contributed by atoms with Crippen LogP contribution < -0.4 is 10.6 Å². The fourth-order valence-corrected chi connectivity index (χ4v) is 2.26. The summed E-state index contributed by atoms with van der Waals surface area (Å²) in [6, 6.07) is 0. The first-order valence-corrected chi connectivity index (χ1v) is 7.29. The monoisotopic (exact) mass is 330 g/mol.